The lowest BCUT2D eigenvalue weighted by molar-refractivity contribution is -0.124. The molecule has 1 atom stereocenters. The van der Waals surface area contributed by atoms with E-state index in [1.165, 1.54) is 11.3 Å². The molecule has 0 aliphatic carbocycles. The first-order chi connectivity index (χ1) is 15.6. The number of nitrogens with one attached hydrogen (secondary N) is 2. The zero-order valence-corrected chi connectivity index (χ0v) is 18.4. The van der Waals surface area contributed by atoms with Gasteiger partial charge in [-0.2, -0.15) is 0 Å². The number of hydrogen-bond donors (Lipinski definition) is 2. The van der Waals surface area contributed by atoms with Crippen molar-refractivity contribution in [3.8, 4) is 11.5 Å². The van der Waals surface area contributed by atoms with E-state index in [2.05, 4.69) is 17.2 Å². The topological polar surface area (TPSA) is 97.0 Å². The Kier molecular flexibility index (Phi) is 6.75. The van der Waals surface area contributed by atoms with Gasteiger partial charge in [0.05, 0.1) is 4.88 Å². The second-order valence-corrected chi connectivity index (χ2v) is 8.61. The standard InChI is InChI=1S/C23H25N3O5S/c1-2-9-24-22(28)20(25-21(27)16-5-6-17-18(13-16)31-14-30-17)15-7-10-26(11-8-15)23(29)19-4-3-12-32-19/h2-6,12-13,15,20H,1,7-11,14H2,(H,24,28)(H,25,27)/t20-/m1/s1. The lowest BCUT2D eigenvalue weighted by Crippen LogP contribution is -2.53. The van der Waals surface area contributed by atoms with Crippen molar-refractivity contribution in [3.05, 3.63) is 58.8 Å². The van der Waals surface area contributed by atoms with Gasteiger partial charge in [0.25, 0.3) is 11.8 Å². The van der Waals surface area contributed by atoms with Gasteiger partial charge in [0.2, 0.25) is 12.7 Å². The van der Waals surface area contributed by atoms with E-state index in [1.807, 2.05) is 17.5 Å². The van der Waals surface area contributed by atoms with Crippen LogP contribution in [0.2, 0.25) is 0 Å². The molecule has 3 amide bonds. The fourth-order valence-electron chi connectivity index (χ4n) is 3.93. The minimum absolute atomic E-state index is 0.00973. The fraction of sp³-hybridized carbons (Fsp3) is 0.348. The van der Waals surface area contributed by atoms with Crippen LogP contribution in [-0.4, -0.2) is 55.1 Å². The highest BCUT2D eigenvalue weighted by molar-refractivity contribution is 7.12. The normalized spacial score (nSPS) is 16.3. The molecule has 1 aromatic carbocycles. The van der Waals surface area contributed by atoms with Gasteiger partial charge in [-0.25, -0.2) is 0 Å². The highest BCUT2D eigenvalue weighted by Crippen LogP contribution is 2.32. The first-order valence-electron chi connectivity index (χ1n) is 10.5. The minimum atomic E-state index is -0.716. The summed E-state index contributed by atoms with van der Waals surface area (Å²) >= 11 is 1.42. The van der Waals surface area contributed by atoms with E-state index in [9.17, 15) is 14.4 Å². The van der Waals surface area contributed by atoms with Gasteiger partial charge in [0.1, 0.15) is 6.04 Å². The van der Waals surface area contributed by atoms with Crippen molar-refractivity contribution in [1.82, 2.24) is 15.5 Å². The van der Waals surface area contributed by atoms with Gasteiger partial charge < -0.3 is 25.0 Å². The van der Waals surface area contributed by atoms with E-state index in [1.54, 1.807) is 29.2 Å². The molecule has 168 valence electrons. The summed E-state index contributed by atoms with van der Waals surface area (Å²) in [7, 11) is 0. The maximum Gasteiger partial charge on any atom is 0.263 e. The molecule has 8 nitrogen and oxygen atoms in total. The molecule has 0 bridgehead atoms. The average Bonchev–Trinajstić information content (AvgIpc) is 3.52. The van der Waals surface area contributed by atoms with Crippen molar-refractivity contribution in [3.63, 3.8) is 0 Å². The summed E-state index contributed by atoms with van der Waals surface area (Å²) < 4.78 is 10.6. The number of piperidine rings is 1. The molecule has 1 saturated heterocycles. The number of carbonyl (C=O) groups is 3. The predicted octanol–water partition coefficient (Wildman–Crippen LogP) is 2.43. The van der Waals surface area contributed by atoms with E-state index < -0.39 is 6.04 Å². The van der Waals surface area contributed by atoms with E-state index in [0.717, 1.165) is 0 Å². The largest absolute Gasteiger partial charge is 0.454 e. The Bertz CT molecular complexity index is 999. The van der Waals surface area contributed by atoms with Gasteiger partial charge in [-0.1, -0.05) is 12.1 Å². The molecule has 0 unspecified atom stereocenters. The van der Waals surface area contributed by atoms with Crippen molar-refractivity contribution < 1.29 is 23.9 Å². The van der Waals surface area contributed by atoms with Crippen LogP contribution in [0, 0.1) is 5.92 Å². The number of carbonyl (C=O) groups excluding carboxylic acids is 3. The van der Waals surface area contributed by atoms with Gasteiger partial charge in [-0.05, 0) is 48.4 Å². The molecule has 4 rings (SSSR count). The number of fused-ring (bicyclic) bond motifs is 1. The van der Waals surface area contributed by atoms with Gasteiger partial charge in [-0.3, -0.25) is 14.4 Å². The molecule has 1 aromatic heterocycles. The number of thiophene rings is 1. The monoisotopic (exact) mass is 455 g/mol. The van der Waals surface area contributed by atoms with Gasteiger partial charge in [0, 0.05) is 25.2 Å². The maximum atomic E-state index is 12.9. The van der Waals surface area contributed by atoms with Crippen LogP contribution in [0.25, 0.3) is 0 Å². The Balaban J connectivity index is 1.43. The summed E-state index contributed by atoms with van der Waals surface area (Å²) in [6.07, 6.45) is 2.83. The smallest absolute Gasteiger partial charge is 0.263 e. The molecule has 3 heterocycles. The van der Waals surface area contributed by atoms with Crippen LogP contribution in [-0.2, 0) is 4.79 Å². The highest BCUT2D eigenvalue weighted by atomic mass is 32.1. The zero-order valence-electron chi connectivity index (χ0n) is 17.5. The number of rotatable bonds is 7. The van der Waals surface area contributed by atoms with E-state index >= 15 is 0 Å². The van der Waals surface area contributed by atoms with Crippen LogP contribution < -0.4 is 20.1 Å². The SMILES string of the molecule is C=CCNC(=O)[C@H](NC(=O)c1ccc2c(c1)OCO2)C1CCN(C(=O)c2cccs2)CC1. The molecule has 9 heteroatoms. The van der Waals surface area contributed by atoms with E-state index in [4.69, 9.17) is 9.47 Å². The molecule has 2 aliphatic heterocycles. The summed E-state index contributed by atoms with van der Waals surface area (Å²) in [6, 6.07) is 7.89. The highest BCUT2D eigenvalue weighted by Gasteiger charge is 2.34. The van der Waals surface area contributed by atoms with Crippen LogP contribution in [0.15, 0.2) is 48.4 Å². The van der Waals surface area contributed by atoms with Crippen molar-refractivity contribution in [1.29, 1.82) is 0 Å². The van der Waals surface area contributed by atoms with Crippen LogP contribution in [0.1, 0.15) is 32.9 Å². The van der Waals surface area contributed by atoms with Crippen molar-refractivity contribution in [2.24, 2.45) is 5.92 Å². The lowest BCUT2D eigenvalue weighted by Gasteiger charge is -2.35. The summed E-state index contributed by atoms with van der Waals surface area (Å²) in [6.45, 7) is 5.13. The van der Waals surface area contributed by atoms with Crippen LogP contribution in [0.3, 0.4) is 0 Å². The summed E-state index contributed by atoms with van der Waals surface area (Å²) in [5, 5.41) is 7.56. The molecule has 2 aromatic rings. The third-order valence-electron chi connectivity index (χ3n) is 5.65. The summed E-state index contributed by atoms with van der Waals surface area (Å²) in [4.78, 5) is 40.9. The van der Waals surface area contributed by atoms with Gasteiger partial charge >= 0.3 is 0 Å². The molecule has 2 aliphatic rings. The lowest BCUT2D eigenvalue weighted by atomic mass is 9.88. The predicted molar refractivity (Wildman–Crippen MR) is 120 cm³/mol. The summed E-state index contributed by atoms with van der Waals surface area (Å²) in [5.74, 6) is 0.386. The molecular formula is C23H25N3O5S. The molecule has 2 N–H and O–H groups in total. The Labute approximate surface area is 190 Å². The maximum absolute atomic E-state index is 12.9. The number of hydrogen-bond acceptors (Lipinski definition) is 6. The Morgan fingerprint density at radius 1 is 1.19 bits per heavy atom. The fourth-order valence-corrected chi connectivity index (χ4v) is 4.63. The number of nitrogens with zero attached hydrogens (tertiary/aromatic N) is 1. The first-order valence-corrected chi connectivity index (χ1v) is 11.4. The molecule has 32 heavy (non-hydrogen) atoms. The van der Waals surface area contributed by atoms with Crippen LogP contribution >= 0.6 is 11.3 Å². The van der Waals surface area contributed by atoms with Crippen molar-refractivity contribution >= 4 is 29.1 Å². The van der Waals surface area contributed by atoms with Crippen LogP contribution in [0.4, 0.5) is 0 Å². The summed E-state index contributed by atoms with van der Waals surface area (Å²) in [5.41, 5.74) is 0.390. The van der Waals surface area contributed by atoms with E-state index in [0.29, 0.717) is 54.4 Å². The van der Waals surface area contributed by atoms with Gasteiger partial charge in [-0.15, -0.1) is 17.9 Å². The Morgan fingerprint density at radius 3 is 2.69 bits per heavy atom. The second kappa shape index (κ2) is 9.86. The number of amides is 3. The van der Waals surface area contributed by atoms with Crippen molar-refractivity contribution in [2.45, 2.75) is 18.9 Å². The molecular weight excluding hydrogens is 430 g/mol. The van der Waals surface area contributed by atoms with Crippen LogP contribution in [0.5, 0.6) is 11.5 Å². The molecule has 0 saturated carbocycles. The average molecular weight is 456 g/mol. The van der Waals surface area contributed by atoms with Gasteiger partial charge in [0.15, 0.2) is 11.5 Å². The molecule has 1 fully saturated rings. The quantitative estimate of drug-likeness (QED) is 0.625. The van der Waals surface area contributed by atoms with Crippen molar-refractivity contribution in [2.75, 3.05) is 26.4 Å². The minimum Gasteiger partial charge on any atom is -0.454 e. The second-order valence-electron chi connectivity index (χ2n) is 7.66. The third-order valence-corrected chi connectivity index (χ3v) is 6.51. The Morgan fingerprint density at radius 2 is 1.97 bits per heavy atom. The third kappa shape index (κ3) is 4.77. The number of benzene rings is 1. The molecule has 0 radical (unpaired) electrons. The number of likely N-dealkylation sites (tertiary alicyclic amines) is 1. The number of ether oxygens (including phenoxy) is 2. The first kappa shape index (κ1) is 21.9. The zero-order chi connectivity index (χ0) is 22.5. The van der Waals surface area contributed by atoms with E-state index in [-0.39, 0.29) is 30.4 Å². The Hall–Kier alpha value is -3.33. The molecule has 0 spiro atoms.